The van der Waals surface area contributed by atoms with Gasteiger partial charge in [0.2, 0.25) is 5.88 Å². The van der Waals surface area contributed by atoms with E-state index in [2.05, 4.69) is 10.3 Å². The standard InChI is InChI=1S/C12H10F2N2O/c1-15-11-3-2-4-12(16-11)17-8-5-6-9(13)10(14)7-8/h2-7H,1H3,(H,15,16). The Hall–Kier alpha value is -2.17. The molecule has 0 aliphatic heterocycles. The number of rotatable bonds is 3. The van der Waals surface area contributed by atoms with Crippen molar-refractivity contribution in [3.05, 3.63) is 48.0 Å². The molecule has 0 saturated heterocycles. The molecule has 1 aromatic carbocycles. The van der Waals surface area contributed by atoms with Gasteiger partial charge in [-0.2, -0.15) is 4.98 Å². The van der Waals surface area contributed by atoms with Crippen LogP contribution >= 0.6 is 0 Å². The van der Waals surface area contributed by atoms with E-state index in [1.165, 1.54) is 6.07 Å². The van der Waals surface area contributed by atoms with Gasteiger partial charge in [-0.25, -0.2) is 8.78 Å². The fourth-order valence-electron chi connectivity index (χ4n) is 1.27. The van der Waals surface area contributed by atoms with Crippen LogP contribution in [-0.2, 0) is 0 Å². The molecule has 0 atom stereocenters. The summed E-state index contributed by atoms with van der Waals surface area (Å²) < 4.78 is 30.9. The van der Waals surface area contributed by atoms with E-state index in [4.69, 9.17) is 4.74 Å². The molecule has 0 radical (unpaired) electrons. The second-order valence-corrected chi connectivity index (χ2v) is 3.29. The normalized spacial score (nSPS) is 10.1. The summed E-state index contributed by atoms with van der Waals surface area (Å²) in [6.07, 6.45) is 0. The number of hydrogen-bond donors (Lipinski definition) is 1. The summed E-state index contributed by atoms with van der Waals surface area (Å²) in [4.78, 5) is 4.09. The molecule has 0 amide bonds. The Morgan fingerprint density at radius 3 is 2.65 bits per heavy atom. The number of halogens is 2. The Labute approximate surface area is 97.1 Å². The smallest absolute Gasteiger partial charge is 0.221 e. The van der Waals surface area contributed by atoms with Crippen LogP contribution in [0.4, 0.5) is 14.6 Å². The van der Waals surface area contributed by atoms with Crippen LogP contribution in [0, 0.1) is 11.6 Å². The first-order chi connectivity index (χ1) is 8.19. The molecule has 2 rings (SSSR count). The van der Waals surface area contributed by atoms with Crippen molar-refractivity contribution >= 4 is 5.82 Å². The molecule has 0 aliphatic carbocycles. The third kappa shape index (κ3) is 2.69. The van der Waals surface area contributed by atoms with Gasteiger partial charge in [0.25, 0.3) is 0 Å². The Morgan fingerprint density at radius 1 is 1.12 bits per heavy atom. The third-order valence-corrected chi connectivity index (χ3v) is 2.09. The van der Waals surface area contributed by atoms with Gasteiger partial charge in [-0.1, -0.05) is 6.07 Å². The van der Waals surface area contributed by atoms with Gasteiger partial charge in [0.05, 0.1) is 0 Å². The number of benzene rings is 1. The molecule has 0 aliphatic rings. The third-order valence-electron chi connectivity index (χ3n) is 2.09. The maximum absolute atomic E-state index is 12.9. The van der Waals surface area contributed by atoms with Crippen LogP contribution in [0.1, 0.15) is 0 Å². The monoisotopic (exact) mass is 236 g/mol. The van der Waals surface area contributed by atoms with E-state index in [0.29, 0.717) is 11.7 Å². The first-order valence-corrected chi connectivity index (χ1v) is 4.97. The fraction of sp³-hybridized carbons (Fsp3) is 0.0833. The first-order valence-electron chi connectivity index (χ1n) is 4.97. The molecule has 0 fully saturated rings. The summed E-state index contributed by atoms with van der Waals surface area (Å²) in [5.41, 5.74) is 0. The average molecular weight is 236 g/mol. The fourth-order valence-corrected chi connectivity index (χ4v) is 1.27. The maximum Gasteiger partial charge on any atom is 0.221 e. The molecule has 0 bridgehead atoms. The van der Waals surface area contributed by atoms with E-state index in [0.717, 1.165) is 12.1 Å². The molecule has 5 heteroatoms. The van der Waals surface area contributed by atoms with Crippen LogP contribution in [0.25, 0.3) is 0 Å². The van der Waals surface area contributed by atoms with Crippen molar-refractivity contribution in [2.45, 2.75) is 0 Å². The van der Waals surface area contributed by atoms with E-state index in [1.807, 2.05) is 0 Å². The van der Waals surface area contributed by atoms with Gasteiger partial charge in [-0.3, -0.25) is 0 Å². The maximum atomic E-state index is 12.9. The minimum absolute atomic E-state index is 0.199. The van der Waals surface area contributed by atoms with Crippen molar-refractivity contribution in [3.8, 4) is 11.6 Å². The van der Waals surface area contributed by atoms with E-state index in [9.17, 15) is 8.78 Å². The lowest BCUT2D eigenvalue weighted by atomic mass is 10.3. The Kier molecular flexibility index (Phi) is 3.18. The highest BCUT2D eigenvalue weighted by atomic mass is 19.2. The van der Waals surface area contributed by atoms with Gasteiger partial charge in [-0.15, -0.1) is 0 Å². The molecule has 2 aromatic rings. The van der Waals surface area contributed by atoms with Crippen LogP contribution in [0.3, 0.4) is 0 Å². The van der Waals surface area contributed by atoms with E-state index in [-0.39, 0.29) is 5.75 Å². The van der Waals surface area contributed by atoms with Gasteiger partial charge in [-0.05, 0) is 18.2 Å². The molecule has 0 saturated carbocycles. The summed E-state index contributed by atoms with van der Waals surface area (Å²) in [7, 11) is 1.73. The average Bonchev–Trinajstić information content (AvgIpc) is 2.34. The van der Waals surface area contributed by atoms with Crippen molar-refractivity contribution in [2.75, 3.05) is 12.4 Å². The number of hydrogen-bond acceptors (Lipinski definition) is 3. The molecule has 1 heterocycles. The molecule has 3 nitrogen and oxygen atoms in total. The second kappa shape index (κ2) is 4.78. The lowest BCUT2D eigenvalue weighted by Crippen LogP contribution is -1.94. The molecular formula is C12H10F2N2O. The van der Waals surface area contributed by atoms with Crippen molar-refractivity contribution in [1.29, 1.82) is 0 Å². The minimum Gasteiger partial charge on any atom is -0.439 e. The zero-order valence-electron chi connectivity index (χ0n) is 9.08. The number of nitrogens with zero attached hydrogens (tertiary/aromatic N) is 1. The zero-order valence-corrected chi connectivity index (χ0v) is 9.08. The summed E-state index contributed by atoms with van der Waals surface area (Å²) >= 11 is 0. The molecule has 1 aromatic heterocycles. The lowest BCUT2D eigenvalue weighted by molar-refractivity contribution is 0.448. The highest BCUT2D eigenvalue weighted by molar-refractivity contribution is 5.37. The topological polar surface area (TPSA) is 34.1 Å². The van der Waals surface area contributed by atoms with Gasteiger partial charge in [0.15, 0.2) is 11.6 Å². The molecule has 88 valence electrons. The molecule has 0 unspecified atom stereocenters. The lowest BCUT2D eigenvalue weighted by Gasteiger charge is -2.06. The van der Waals surface area contributed by atoms with Crippen molar-refractivity contribution in [2.24, 2.45) is 0 Å². The Bertz CT molecular complexity index is 532. The van der Waals surface area contributed by atoms with Gasteiger partial charge in [0, 0.05) is 19.2 Å². The predicted octanol–water partition coefficient (Wildman–Crippen LogP) is 3.19. The quantitative estimate of drug-likeness (QED) is 0.888. The highest BCUT2D eigenvalue weighted by Gasteiger charge is 2.05. The van der Waals surface area contributed by atoms with Gasteiger partial charge in [0.1, 0.15) is 11.6 Å². The number of nitrogens with one attached hydrogen (secondary N) is 1. The zero-order chi connectivity index (χ0) is 12.3. The highest BCUT2D eigenvalue weighted by Crippen LogP contribution is 2.22. The van der Waals surface area contributed by atoms with Crippen LogP contribution in [0.5, 0.6) is 11.6 Å². The minimum atomic E-state index is -0.952. The number of aromatic nitrogens is 1. The van der Waals surface area contributed by atoms with Crippen LogP contribution in [-0.4, -0.2) is 12.0 Å². The molecule has 0 spiro atoms. The summed E-state index contributed by atoms with van der Waals surface area (Å²) in [5, 5.41) is 2.85. The van der Waals surface area contributed by atoms with Crippen molar-refractivity contribution in [1.82, 2.24) is 4.98 Å². The van der Waals surface area contributed by atoms with Gasteiger partial charge >= 0.3 is 0 Å². The summed E-state index contributed by atoms with van der Waals surface area (Å²) in [6, 6.07) is 8.45. The SMILES string of the molecule is CNc1cccc(Oc2ccc(F)c(F)c2)n1. The molecule has 1 N–H and O–H groups in total. The second-order valence-electron chi connectivity index (χ2n) is 3.29. The van der Waals surface area contributed by atoms with Crippen LogP contribution in [0.2, 0.25) is 0 Å². The van der Waals surface area contributed by atoms with Crippen molar-refractivity contribution in [3.63, 3.8) is 0 Å². The molecule has 17 heavy (non-hydrogen) atoms. The summed E-state index contributed by atoms with van der Waals surface area (Å²) in [5.74, 6) is -0.723. The largest absolute Gasteiger partial charge is 0.439 e. The Morgan fingerprint density at radius 2 is 1.94 bits per heavy atom. The molecular weight excluding hydrogens is 226 g/mol. The first kappa shape index (κ1) is 11.3. The summed E-state index contributed by atoms with van der Waals surface area (Å²) in [6.45, 7) is 0. The van der Waals surface area contributed by atoms with E-state index >= 15 is 0 Å². The van der Waals surface area contributed by atoms with Crippen LogP contribution < -0.4 is 10.1 Å². The van der Waals surface area contributed by atoms with Crippen molar-refractivity contribution < 1.29 is 13.5 Å². The predicted molar refractivity (Wildman–Crippen MR) is 60.2 cm³/mol. The van der Waals surface area contributed by atoms with Crippen LogP contribution in [0.15, 0.2) is 36.4 Å². The van der Waals surface area contributed by atoms with E-state index in [1.54, 1.807) is 25.2 Å². The Balaban J connectivity index is 2.22. The van der Waals surface area contributed by atoms with Gasteiger partial charge < -0.3 is 10.1 Å². The number of anilines is 1. The van der Waals surface area contributed by atoms with E-state index < -0.39 is 11.6 Å². The number of pyridine rings is 1. The number of ether oxygens (including phenoxy) is 1.